The van der Waals surface area contributed by atoms with Crippen LogP contribution >= 0.6 is 0 Å². The van der Waals surface area contributed by atoms with Crippen LogP contribution in [0.3, 0.4) is 0 Å². The Bertz CT molecular complexity index is 1290. The van der Waals surface area contributed by atoms with Gasteiger partial charge in [-0.15, -0.1) is 0 Å². The van der Waals surface area contributed by atoms with Gasteiger partial charge in [0, 0.05) is 11.1 Å². The third kappa shape index (κ3) is 5.67. The van der Waals surface area contributed by atoms with Gasteiger partial charge in [0.1, 0.15) is 0 Å². The lowest BCUT2D eigenvalue weighted by Gasteiger charge is -2.22. The molecule has 4 heteroatoms. The highest BCUT2D eigenvalue weighted by Crippen LogP contribution is 2.27. The highest BCUT2D eigenvalue weighted by molar-refractivity contribution is 5.83. The number of benzene rings is 3. The summed E-state index contributed by atoms with van der Waals surface area (Å²) in [6, 6.07) is 25.5. The topological polar surface area (TPSA) is 79.4 Å². The summed E-state index contributed by atoms with van der Waals surface area (Å²) >= 11 is 0. The Hall–Kier alpha value is -3.47. The van der Waals surface area contributed by atoms with E-state index in [2.05, 4.69) is 4.98 Å². The number of nitrogen functional groups attached to an aromatic ring is 1. The Morgan fingerprint density at radius 2 is 1.73 bits per heavy atom. The lowest BCUT2D eigenvalue weighted by atomic mass is 9.90. The fraction of sp³-hybridized carbons (Fsp3) is 0.207. The summed E-state index contributed by atoms with van der Waals surface area (Å²) in [5.41, 5.74) is 11.2. The van der Waals surface area contributed by atoms with E-state index in [-0.39, 0.29) is 0 Å². The van der Waals surface area contributed by atoms with Gasteiger partial charge in [0.05, 0.1) is 22.9 Å². The van der Waals surface area contributed by atoms with Crippen molar-refractivity contribution in [3.8, 4) is 0 Å². The number of aryl methyl sites for hydroxylation is 1. The molecule has 1 aromatic heterocycles. The SMILES string of the molecule is CC(C)(O)c1ccccc1CC[C@H](O)c1cccc(/C=C/c2ccc3ccc(N)cc3n2)c1. The molecule has 0 bridgehead atoms. The Kier molecular flexibility index (Phi) is 6.59. The molecule has 0 fully saturated rings. The quantitative estimate of drug-likeness (QED) is 0.315. The molecule has 4 rings (SSSR count). The minimum atomic E-state index is -0.908. The van der Waals surface area contributed by atoms with Crippen LogP contribution in [-0.2, 0) is 12.0 Å². The van der Waals surface area contributed by atoms with Crippen LogP contribution in [0.1, 0.15) is 54.3 Å². The fourth-order valence-corrected chi connectivity index (χ4v) is 4.09. The molecule has 0 saturated carbocycles. The van der Waals surface area contributed by atoms with Gasteiger partial charge in [0.15, 0.2) is 0 Å². The van der Waals surface area contributed by atoms with E-state index in [1.54, 1.807) is 13.8 Å². The van der Waals surface area contributed by atoms with Crippen molar-refractivity contribution in [3.05, 3.63) is 107 Å². The predicted molar refractivity (Wildman–Crippen MR) is 136 cm³/mol. The number of aliphatic hydroxyl groups excluding tert-OH is 1. The van der Waals surface area contributed by atoms with Gasteiger partial charge in [-0.25, -0.2) is 4.98 Å². The maximum absolute atomic E-state index is 10.8. The summed E-state index contributed by atoms with van der Waals surface area (Å²) < 4.78 is 0. The Morgan fingerprint density at radius 3 is 2.55 bits per heavy atom. The maximum Gasteiger partial charge on any atom is 0.0843 e. The lowest BCUT2D eigenvalue weighted by Crippen LogP contribution is -2.18. The van der Waals surface area contributed by atoms with Crippen LogP contribution in [0, 0.1) is 0 Å². The molecule has 1 heterocycles. The number of pyridine rings is 1. The molecule has 33 heavy (non-hydrogen) atoms. The van der Waals surface area contributed by atoms with E-state index in [0.29, 0.717) is 18.5 Å². The highest BCUT2D eigenvalue weighted by Gasteiger charge is 2.20. The average Bonchev–Trinajstić information content (AvgIpc) is 2.80. The molecular formula is C29H30N2O2. The summed E-state index contributed by atoms with van der Waals surface area (Å²) in [5.74, 6) is 0. The molecule has 4 aromatic rings. The van der Waals surface area contributed by atoms with Crippen LogP contribution in [0.2, 0.25) is 0 Å². The van der Waals surface area contributed by atoms with Crippen molar-refractivity contribution in [2.45, 2.75) is 38.4 Å². The highest BCUT2D eigenvalue weighted by atomic mass is 16.3. The van der Waals surface area contributed by atoms with Crippen molar-refractivity contribution in [3.63, 3.8) is 0 Å². The number of anilines is 1. The van der Waals surface area contributed by atoms with Gasteiger partial charge in [-0.1, -0.05) is 60.7 Å². The zero-order valence-electron chi connectivity index (χ0n) is 19.1. The molecule has 4 nitrogen and oxygen atoms in total. The summed E-state index contributed by atoms with van der Waals surface area (Å²) in [6.07, 6.45) is 4.64. The van der Waals surface area contributed by atoms with E-state index in [1.165, 1.54) is 0 Å². The fourth-order valence-electron chi connectivity index (χ4n) is 4.09. The minimum Gasteiger partial charge on any atom is -0.399 e. The van der Waals surface area contributed by atoms with Gasteiger partial charge in [0.25, 0.3) is 0 Å². The molecule has 0 amide bonds. The van der Waals surface area contributed by atoms with Gasteiger partial charge in [-0.3, -0.25) is 0 Å². The zero-order valence-corrected chi connectivity index (χ0v) is 19.1. The van der Waals surface area contributed by atoms with Crippen molar-refractivity contribution in [2.75, 3.05) is 5.73 Å². The van der Waals surface area contributed by atoms with Crippen LogP contribution < -0.4 is 5.73 Å². The number of hydrogen-bond acceptors (Lipinski definition) is 4. The molecule has 0 spiro atoms. The van der Waals surface area contributed by atoms with Crippen molar-refractivity contribution in [2.24, 2.45) is 0 Å². The molecule has 0 radical (unpaired) electrons. The minimum absolute atomic E-state index is 0.577. The molecule has 4 N–H and O–H groups in total. The summed E-state index contributed by atoms with van der Waals surface area (Å²) in [7, 11) is 0. The van der Waals surface area contributed by atoms with Crippen molar-refractivity contribution < 1.29 is 10.2 Å². The van der Waals surface area contributed by atoms with E-state index < -0.39 is 11.7 Å². The number of aromatic nitrogens is 1. The molecule has 168 valence electrons. The first-order chi connectivity index (χ1) is 15.8. The Labute approximate surface area is 195 Å². The van der Waals surface area contributed by atoms with Crippen LogP contribution in [0.5, 0.6) is 0 Å². The largest absolute Gasteiger partial charge is 0.399 e. The number of aliphatic hydroxyl groups is 2. The van der Waals surface area contributed by atoms with Gasteiger partial charge in [-0.2, -0.15) is 0 Å². The third-order valence-electron chi connectivity index (χ3n) is 5.84. The molecule has 0 unspecified atom stereocenters. The van der Waals surface area contributed by atoms with Crippen LogP contribution in [-0.4, -0.2) is 15.2 Å². The molecule has 0 aliphatic heterocycles. The summed E-state index contributed by atoms with van der Waals surface area (Å²) in [6.45, 7) is 3.58. The van der Waals surface area contributed by atoms with Crippen molar-refractivity contribution in [1.29, 1.82) is 0 Å². The molecule has 0 aliphatic rings. The monoisotopic (exact) mass is 438 g/mol. The van der Waals surface area contributed by atoms with E-state index in [0.717, 1.165) is 38.9 Å². The van der Waals surface area contributed by atoms with Crippen molar-refractivity contribution >= 4 is 28.7 Å². The first-order valence-corrected chi connectivity index (χ1v) is 11.2. The second kappa shape index (κ2) is 9.57. The molecule has 0 saturated heterocycles. The molecule has 3 aromatic carbocycles. The normalized spacial score (nSPS) is 13.0. The van der Waals surface area contributed by atoms with Gasteiger partial charge >= 0.3 is 0 Å². The number of rotatable bonds is 7. The average molecular weight is 439 g/mol. The van der Waals surface area contributed by atoms with Crippen LogP contribution in [0.4, 0.5) is 5.69 Å². The van der Waals surface area contributed by atoms with E-state index in [9.17, 15) is 10.2 Å². The zero-order chi connectivity index (χ0) is 23.4. The summed E-state index contributed by atoms with van der Waals surface area (Å²) in [4.78, 5) is 4.66. The maximum atomic E-state index is 10.8. The van der Waals surface area contributed by atoms with E-state index in [1.807, 2.05) is 91.0 Å². The second-order valence-corrected chi connectivity index (χ2v) is 8.96. The third-order valence-corrected chi connectivity index (χ3v) is 5.84. The van der Waals surface area contributed by atoms with Gasteiger partial charge < -0.3 is 15.9 Å². The van der Waals surface area contributed by atoms with Crippen molar-refractivity contribution in [1.82, 2.24) is 4.98 Å². The smallest absolute Gasteiger partial charge is 0.0843 e. The van der Waals surface area contributed by atoms with Gasteiger partial charge in [-0.05, 0) is 79.3 Å². The molecular weight excluding hydrogens is 408 g/mol. The number of fused-ring (bicyclic) bond motifs is 1. The second-order valence-electron chi connectivity index (χ2n) is 8.96. The first kappa shape index (κ1) is 22.7. The number of nitrogens with two attached hydrogens (primary N) is 1. The number of hydrogen-bond donors (Lipinski definition) is 3. The summed E-state index contributed by atoms with van der Waals surface area (Å²) in [5, 5.41) is 22.3. The first-order valence-electron chi connectivity index (χ1n) is 11.2. The van der Waals surface area contributed by atoms with E-state index >= 15 is 0 Å². The lowest BCUT2D eigenvalue weighted by molar-refractivity contribution is 0.0772. The van der Waals surface area contributed by atoms with Gasteiger partial charge in [0.2, 0.25) is 0 Å². The molecule has 1 atom stereocenters. The van der Waals surface area contributed by atoms with Crippen LogP contribution in [0.25, 0.3) is 23.1 Å². The van der Waals surface area contributed by atoms with Crippen LogP contribution in [0.15, 0.2) is 78.9 Å². The Morgan fingerprint density at radius 1 is 0.939 bits per heavy atom. The number of nitrogens with zero attached hydrogens (tertiary/aromatic N) is 1. The standard InChI is InChI=1S/C29H30N2O2/c1-29(2,33)26-9-4-3-7-21(26)13-17-28(32)23-8-5-6-20(18-23)10-15-25-16-12-22-11-14-24(30)19-27(22)31-25/h3-12,14-16,18-19,28,32-33H,13,17,30H2,1-2H3/b15-10+/t28-/m0/s1. The van der Waals surface area contributed by atoms with E-state index in [4.69, 9.17) is 5.73 Å². The Balaban J connectivity index is 1.47. The predicted octanol–water partition coefficient (Wildman–Crippen LogP) is 5.88. The molecule has 0 aliphatic carbocycles.